The van der Waals surface area contributed by atoms with Crippen molar-refractivity contribution in [2.75, 3.05) is 6.61 Å². The highest BCUT2D eigenvalue weighted by Crippen LogP contribution is 2.15. The lowest BCUT2D eigenvalue weighted by molar-refractivity contribution is 0.0949. The van der Waals surface area contributed by atoms with Crippen LogP contribution >= 0.6 is 11.6 Å². The Morgan fingerprint density at radius 2 is 1.96 bits per heavy atom. The summed E-state index contributed by atoms with van der Waals surface area (Å²) in [6, 6.07) is 12.5. The minimum Gasteiger partial charge on any atom is -0.392 e. The molecule has 1 aromatic heterocycles. The molecular weight excluding hydrogens is 364 g/mol. The lowest BCUT2D eigenvalue weighted by atomic mass is 10.1. The molecule has 0 aliphatic carbocycles. The van der Waals surface area contributed by atoms with E-state index in [4.69, 9.17) is 16.7 Å². The fourth-order valence-corrected chi connectivity index (χ4v) is 2.97. The Bertz CT molecular complexity index is 1070. The minimum atomic E-state index is -0.427. The van der Waals surface area contributed by atoms with Crippen LogP contribution in [-0.2, 0) is 13.6 Å². The summed E-state index contributed by atoms with van der Waals surface area (Å²) < 4.78 is 1.76. The van der Waals surface area contributed by atoms with E-state index in [1.54, 1.807) is 48.2 Å². The van der Waals surface area contributed by atoms with Gasteiger partial charge in [-0.25, -0.2) is 0 Å². The van der Waals surface area contributed by atoms with Crippen LogP contribution < -0.4 is 10.7 Å². The number of halogens is 1. The van der Waals surface area contributed by atoms with Crippen LogP contribution in [0.5, 0.6) is 0 Å². The van der Waals surface area contributed by atoms with Gasteiger partial charge in [-0.05, 0) is 35.4 Å². The standard InChI is InChI=1S/C21H19ClN2O3/c1-24-13-18(21(27)23-12-15-4-7-16(22)8-5-15)20(26)17-11-14(3-2-10-25)6-9-19(17)24/h2-9,11,13,25H,10,12H2,1H3,(H,23,27)/b3-2-. The van der Waals surface area contributed by atoms with Gasteiger partial charge in [0.2, 0.25) is 5.43 Å². The first-order chi connectivity index (χ1) is 13.0. The van der Waals surface area contributed by atoms with Crippen LogP contribution in [0.4, 0.5) is 0 Å². The number of pyridine rings is 1. The van der Waals surface area contributed by atoms with E-state index in [0.29, 0.717) is 17.0 Å². The maximum Gasteiger partial charge on any atom is 0.257 e. The van der Waals surface area contributed by atoms with Gasteiger partial charge in [-0.3, -0.25) is 9.59 Å². The van der Waals surface area contributed by atoms with Crippen LogP contribution in [0.3, 0.4) is 0 Å². The number of nitrogens with zero attached hydrogens (tertiary/aromatic N) is 1. The zero-order chi connectivity index (χ0) is 19.4. The lowest BCUT2D eigenvalue weighted by Crippen LogP contribution is -2.29. The summed E-state index contributed by atoms with van der Waals surface area (Å²) in [7, 11) is 1.79. The van der Waals surface area contributed by atoms with E-state index in [0.717, 1.165) is 16.6 Å². The third-order valence-electron chi connectivity index (χ3n) is 4.24. The second kappa shape index (κ2) is 8.20. The van der Waals surface area contributed by atoms with Crippen LogP contribution in [0, 0.1) is 0 Å². The molecule has 3 rings (SSSR count). The Hall–Kier alpha value is -2.89. The number of aliphatic hydroxyl groups excluding tert-OH is 1. The molecule has 0 saturated carbocycles. The van der Waals surface area contributed by atoms with Gasteiger partial charge in [-0.15, -0.1) is 0 Å². The monoisotopic (exact) mass is 382 g/mol. The number of benzene rings is 2. The summed E-state index contributed by atoms with van der Waals surface area (Å²) in [6.45, 7) is 0.222. The predicted molar refractivity (Wildman–Crippen MR) is 108 cm³/mol. The van der Waals surface area contributed by atoms with Crippen molar-refractivity contribution in [2.24, 2.45) is 7.05 Å². The molecule has 0 aliphatic heterocycles. The molecule has 0 radical (unpaired) electrons. The minimum absolute atomic E-state index is 0.0802. The molecule has 2 aromatic carbocycles. The van der Waals surface area contributed by atoms with Crippen LogP contribution in [-0.4, -0.2) is 22.2 Å². The first-order valence-electron chi connectivity index (χ1n) is 8.43. The van der Waals surface area contributed by atoms with Gasteiger partial charge in [0.05, 0.1) is 12.1 Å². The third kappa shape index (κ3) is 4.27. The van der Waals surface area contributed by atoms with Gasteiger partial charge in [0.25, 0.3) is 5.91 Å². The van der Waals surface area contributed by atoms with E-state index in [9.17, 15) is 9.59 Å². The number of fused-ring (bicyclic) bond motifs is 1. The summed E-state index contributed by atoms with van der Waals surface area (Å²) in [5.74, 6) is -0.427. The van der Waals surface area contributed by atoms with Crippen LogP contribution in [0.1, 0.15) is 21.5 Å². The number of aliphatic hydroxyl groups is 1. The zero-order valence-corrected chi connectivity index (χ0v) is 15.5. The molecule has 6 heteroatoms. The molecule has 2 N–H and O–H groups in total. The highest BCUT2D eigenvalue weighted by atomic mass is 35.5. The molecule has 0 bridgehead atoms. The smallest absolute Gasteiger partial charge is 0.257 e. The Morgan fingerprint density at radius 1 is 1.22 bits per heavy atom. The predicted octanol–water partition coefficient (Wildman–Crippen LogP) is 3.13. The Morgan fingerprint density at radius 3 is 2.67 bits per heavy atom. The van der Waals surface area contributed by atoms with Crippen molar-refractivity contribution in [3.05, 3.63) is 86.7 Å². The van der Waals surface area contributed by atoms with Gasteiger partial charge in [-0.1, -0.05) is 42.0 Å². The molecule has 0 saturated heterocycles. The number of carbonyl (C=O) groups is 1. The molecule has 5 nitrogen and oxygen atoms in total. The van der Waals surface area contributed by atoms with Gasteiger partial charge >= 0.3 is 0 Å². The number of aryl methyl sites for hydroxylation is 1. The van der Waals surface area contributed by atoms with Crippen molar-refractivity contribution in [1.82, 2.24) is 9.88 Å². The van der Waals surface area contributed by atoms with Crippen LogP contribution in [0.2, 0.25) is 5.02 Å². The van der Waals surface area contributed by atoms with Crippen molar-refractivity contribution >= 4 is 34.5 Å². The summed E-state index contributed by atoms with van der Waals surface area (Å²) in [6.07, 6.45) is 4.87. The average Bonchev–Trinajstić information content (AvgIpc) is 2.68. The second-order valence-electron chi connectivity index (χ2n) is 6.15. The molecule has 0 atom stereocenters. The van der Waals surface area contributed by atoms with E-state index in [1.807, 2.05) is 24.3 Å². The van der Waals surface area contributed by atoms with E-state index >= 15 is 0 Å². The van der Waals surface area contributed by atoms with Crippen molar-refractivity contribution in [2.45, 2.75) is 6.54 Å². The first kappa shape index (κ1) is 18.9. The molecule has 1 amide bonds. The summed E-state index contributed by atoms with van der Waals surface area (Å²) in [5.41, 5.74) is 2.17. The Balaban J connectivity index is 1.92. The molecule has 3 aromatic rings. The summed E-state index contributed by atoms with van der Waals surface area (Å²) >= 11 is 5.86. The Kier molecular flexibility index (Phi) is 5.74. The number of amides is 1. The number of hydrogen-bond donors (Lipinski definition) is 2. The summed E-state index contributed by atoms with van der Waals surface area (Å²) in [5, 5.41) is 12.8. The zero-order valence-electron chi connectivity index (χ0n) is 14.8. The van der Waals surface area contributed by atoms with Crippen LogP contribution in [0.15, 0.2) is 59.5 Å². The normalized spacial score (nSPS) is 11.2. The van der Waals surface area contributed by atoms with Crippen molar-refractivity contribution in [3.8, 4) is 0 Å². The van der Waals surface area contributed by atoms with Crippen molar-refractivity contribution in [1.29, 1.82) is 0 Å². The lowest BCUT2D eigenvalue weighted by Gasteiger charge is -2.10. The van der Waals surface area contributed by atoms with Gasteiger partial charge in [0.1, 0.15) is 5.56 Å². The first-order valence-corrected chi connectivity index (χ1v) is 8.81. The molecular formula is C21H19ClN2O3. The number of carbonyl (C=O) groups excluding carboxylic acids is 1. The van der Waals surface area contributed by atoms with E-state index < -0.39 is 5.91 Å². The number of nitrogens with one attached hydrogen (secondary N) is 1. The fourth-order valence-electron chi connectivity index (χ4n) is 2.84. The quantitative estimate of drug-likeness (QED) is 0.712. The summed E-state index contributed by atoms with van der Waals surface area (Å²) in [4.78, 5) is 25.4. The van der Waals surface area contributed by atoms with E-state index in [2.05, 4.69) is 5.32 Å². The second-order valence-corrected chi connectivity index (χ2v) is 6.59. The van der Waals surface area contributed by atoms with Gasteiger partial charge in [-0.2, -0.15) is 0 Å². The molecule has 0 spiro atoms. The number of hydrogen-bond acceptors (Lipinski definition) is 3. The third-order valence-corrected chi connectivity index (χ3v) is 4.49. The van der Waals surface area contributed by atoms with Gasteiger partial charge in [0, 0.05) is 30.2 Å². The maximum absolute atomic E-state index is 12.8. The highest BCUT2D eigenvalue weighted by Gasteiger charge is 2.14. The highest BCUT2D eigenvalue weighted by molar-refractivity contribution is 6.30. The van der Waals surface area contributed by atoms with E-state index in [1.165, 1.54) is 0 Å². The Labute approximate surface area is 161 Å². The van der Waals surface area contributed by atoms with Gasteiger partial charge in [0.15, 0.2) is 0 Å². The molecule has 0 fully saturated rings. The van der Waals surface area contributed by atoms with Crippen molar-refractivity contribution in [3.63, 3.8) is 0 Å². The van der Waals surface area contributed by atoms with Crippen molar-refractivity contribution < 1.29 is 9.90 Å². The van der Waals surface area contributed by atoms with E-state index in [-0.39, 0.29) is 17.6 Å². The molecule has 27 heavy (non-hydrogen) atoms. The SMILES string of the molecule is Cn1cc(C(=O)NCc2ccc(Cl)cc2)c(=O)c2cc(/C=C\CO)ccc21. The molecule has 0 unspecified atom stereocenters. The molecule has 0 aliphatic rings. The number of aromatic nitrogens is 1. The maximum atomic E-state index is 12.8. The van der Waals surface area contributed by atoms with Gasteiger partial charge < -0.3 is 15.0 Å². The van der Waals surface area contributed by atoms with Crippen LogP contribution in [0.25, 0.3) is 17.0 Å². The largest absolute Gasteiger partial charge is 0.392 e. The fraction of sp³-hybridized carbons (Fsp3) is 0.143. The molecule has 138 valence electrons. The molecule has 1 heterocycles. The topological polar surface area (TPSA) is 71.3 Å². The average molecular weight is 383 g/mol. The number of rotatable bonds is 5.